The monoisotopic (exact) mass is 214 g/mol. The van der Waals surface area contributed by atoms with Crippen molar-refractivity contribution in [1.29, 1.82) is 0 Å². The number of hydrazine groups is 1. The standard InChI is InChI=1S/C10H22N4O/c1-8(2)13-10(14-11)12-7-9-3-5-15-6-4-9/h8-9H,3-7,11H2,1-2H3,(H2,12,13,14). The SMILES string of the molecule is CC(C)NC(=NCC1CCOCC1)NN. The lowest BCUT2D eigenvalue weighted by molar-refractivity contribution is 0.0689. The van der Waals surface area contributed by atoms with E-state index in [9.17, 15) is 0 Å². The molecule has 0 radical (unpaired) electrons. The first kappa shape index (κ1) is 12.3. The lowest BCUT2D eigenvalue weighted by Gasteiger charge is -2.21. The zero-order chi connectivity index (χ0) is 11.1. The van der Waals surface area contributed by atoms with Gasteiger partial charge in [0.1, 0.15) is 0 Å². The molecule has 4 N–H and O–H groups in total. The molecule has 15 heavy (non-hydrogen) atoms. The molecule has 0 aliphatic carbocycles. The average molecular weight is 214 g/mol. The second-order valence-corrected chi connectivity index (χ2v) is 4.19. The van der Waals surface area contributed by atoms with Crippen LogP contribution in [0.3, 0.4) is 0 Å². The number of guanidine groups is 1. The number of nitrogens with one attached hydrogen (secondary N) is 2. The summed E-state index contributed by atoms with van der Waals surface area (Å²) in [4.78, 5) is 4.42. The van der Waals surface area contributed by atoms with Gasteiger partial charge in [0.25, 0.3) is 0 Å². The molecule has 0 atom stereocenters. The Hall–Kier alpha value is -0.810. The van der Waals surface area contributed by atoms with Crippen molar-refractivity contribution in [2.75, 3.05) is 19.8 Å². The molecule has 1 heterocycles. The van der Waals surface area contributed by atoms with Crippen LogP contribution in [0.25, 0.3) is 0 Å². The van der Waals surface area contributed by atoms with E-state index in [-0.39, 0.29) is 0 Å². The molecular formula is C10H22N4O. The highest BCUT2D eigenvalue weighted by Gasteiger charge is 2.13. The second-order valence-electron chi connectivity index (χ2n) is 4.19. The fraction of sp³-hybridized carbons (Fsp3) is 0.900. The molecule has 1 rings (SSSR count). The van der Waals surface area contributed by atoms with Crippen LogP contribution in [0.5, 0.6) is 0 Å². The number of rotatable bonds is 3. The Balaban J connectivity index is 2.31. The van der Waals surface area contributed by atoms with Crippen LogP contribution >= 0.6 is 0 Å². The fourth-order valence-corrected chi connectivity index (χ4v) is 1.56. The molecule has 5 heteroatoms. The number of hydrogen-bond acceptors (Lipinski definition) is 3. The molecule has 1 aliphatic heterocycles. The van der Waals surface area contributed by atoms with E-state index >= 15 is 0 Å². The van der Waals surface area contributed by atoms with Crippen molar-refractivity contribution < 1.29 is 4.74 Å². The molecule has 0 aromatic rings. The minimum Gasteiger partial charge on any atom is -0.381 e. The Bertz CT molecular complexity index is 200. The lowest BCUT2D eigenvalue weighted by Crippen LogP contribution is -2.44. The summed E-state index contributed by atoms with van der Waals surface area (Å²) in [6, 6.07) is 0.342. The number of nitrogens with zero attached hydrogens (tertiary/aromatic N) is 1. The molecule has 0 bridgehead atoms. The molecule has 0 unspecified atom stereocenters. The summed E-state index contributed by atoms with van der Waals surface area (Å²) in [6.07, 6.45) is 2.20. The smallest absolute Gasteiger partial charge is 0.205 e. The van der Waals surface area contributed by atoms with Crippen molar-refractivity contribution in [2.45, 2.75) is 32.7 Å². The van der Waals surface area contributed by atoms with Crippen molar-refractivity contribution in [2.24, 2.45) is 16.8 Å². The quantitative estimate of drug-likeness (QED) is 0.272. The molecule has 5 nitrogen and oxygen atoms in total. The third kappa shape index (κ3) is 4.99. The molecule has 1 saturated heterocycles. The van der Waals surface area contributed by atoms with Gasteiger partial charge in [0.2, 0.25) is 5.96 Å². The highest BCUT2D eigenvalue weighted by atomic mass is 16.5. The largest absolute Gasteiger partial charge is 0.381 e. The van der Waals surface area contributed by atoms with Gasteiger partial charge in [0, 0.05) is 25.8 Å². The van der Waals surface area contributed by atoms with Crippen molar-refractivity contribution in [3.8, 4) is 0 Å². The molecule has 0 aromatic heterocycles. The van der Waals surface area contributed by atoms with Crippen LogP contribution in [0, 0.1) is 5.92 Å². The summed E-state index contributed by atoms with van der Waals surface area (Å²) in [6.45, 7) is 6.66. The molecule has 0 spiro atoms. The van der Waals surface area contributed by atoms with Crippen LogP contribution in [-0.2, 0) is 4.74 Å². The van der Waals surface area contributed by atoms with E-state index in [2.05, 4.69) is 29.6 Å². The van der Waals surface area contributed by atoms with E-state index in [0.717, 1.165) is 32.6 Å². The normalized spacial score (nSPS) is 19.3. The maximum absolute atomic E-state index is 5.37. The van der Waals surface area contributed by atoms with Crippen molar-refractivity contribution in [1.82, 2.24) is 10.7 Å². The minimum atomic E-state index is 0.342. The third-order valence-electron chi connectivity index (χ3n) is 2.41. The lowest BCUT2D eigenvalue weighted by atomic mass is 10.0. The van der Waals surface area contributed by atoms with Gasteiger partial charge in [-0.05, 0) is 32.6 Å². The maximum atomic E-state index is 5.37. The Morgan fingerprint density at radius 3 is 2.67 bits per heavy atom. The maximum Gasteiger partial charge on any atom is 0.205 e. The summed E-state index contributed by atoms with van der Waals surface area (Å²) < 4.78 is 5.29. The predicted octanol–water partition coefficient (Wildman–Crippen LogP) is 0.230. The molecule has 1 fully saturated rings. The van der Waals surface area contributed by atoms with E-state index in [1.165, 1.54) is 0 Å². The Morgan fingerprint density at radius 2 is 2.13 bits per heavy atom. The first-order valence-electron chi connectivity index (χ1n) is 5.57. The van der Waals surface area contributed by atoms with E-state index in [1.807, 2.05) is 0 Å². The Kier molecular flexibility index (Phi) is 5.42. The van der Waals surface area contributed by atoms with Crippen molar-refractivity contribution in [3.63, 3.8) is 0 Å². The van der Waals surface area contributed by atoms with Gasteiger partial charge in [-0.15, -0.1) is 0 Å². The Labute approximate surface area is 91.4 Å². The zero-order valence-electron chi connectivity index (χ0n) is 9.62. The van der Waals surface area contributed by atoms with Gasteiger partial charge in [-0.25, -0.2) is 5.84 Å². The number of nitrogens with two attached hydrogens (primary N) is 1. The minimum absolute atomic E-state index is 0.342. The molecule has 1 aliphatic rings. The van der Waals surface area contributed by atoms with E-state index in [4.69, 9.17) is 10.6 Å². The van der Waals surface area contributed by atoms with Gasteiger partial charge in [0.05, 0.1) is 0 Å². The van der Waals surface area contributed by atoms with Gasteiger partial charge < -0.3 is 10.1 Å². The van der Waals surface area contributed by atoms with Gasteiger partial charge in [-0.1, -0.05) is 0 Å². The van der Waals surface area contributed by atoms with Crippen LogP contribution < -0.4 is 16.6 Å². The number of hydrogen-bond donors (Lipinski definition) is 3. The summed E-state index contributed by atoms with van der Waals surface area (Å²) in [7, 11) is 0. The van der Waals surface area contributed by atoms with Gasteiger partial charge in [-0.3, -0.25) is 10.4 Å². The molecule has 0 saturated carbocycles. The molecular weight excluding hydrogens is 192 g/mol. The van der Waals surface area contributed by atoms with E-state index in [0.29, 0.717) is 17.9 Å². The van der Waals surface area contributed by atoms with E-state index < -0.39 is 0 Å². The van der Waals surface area contributed by atoms with Crippen molar-refractivity contribution in [3.05, 3.63) is 0 Å². The van der Waals surface area contributed by atoms with Gasteiger partial charge in [-0.2, -0.15) is 0 Å². The average Bonchev–Trinajstić information content (AvgIpc) is 2.25. The number of aliphatic imine (C=N–C) groups is 1. The van der Waals surface area contributed by atoms with Crippen LogP contribution in [-0.4, -0.2) is 31.8 Å². The Morgan fingerprint density at radius 1 is 1.47 bits per heavy atom. The summed E-state index contributed by atoms with van der Waals surface area (Å²) in [5, 5.41) is 3.15. The topological polar surface area (TPSA) is 71.7 Å². The van der Waals surface area contributed by atoms with Crippen LogP contribution in [0.15, 0.2) is 4.99 Å². The van der Waals surface area contributed by atoms with E-state index in [1.54, 1.807) is 0 Å². The second kappa shape index (κ2) is 6.63. The van der Waals surface area contributed by atoms with Crippen molar-refractivity contribution >= 4 is 5.96 Å². The molecule has 88 valence electrons. The van der Waals surface area contributed by atoms with Gasteiger partial charge in [0.15, 0.2) is 0 Å². The van der Waals surface area contributed by atoms with Crippen LogP contribution in [0.1, 0.15) is 26.7 Å². The molecule has 0 amide bonds. The third-order valence-corrected chi connectivity index (χ3v) is 2.41. The summed E-state index contributed by atoms with van der Waals surface area (Å²) >= 11 is 0. The highest BCUT2D eigenvalue weighted by Crippen LogP contribution is 2.14. The summed E-state index contributed by atoms with van der Waals surface area (Å²) in [5.41, 5.74) is 2.58. The van der Waals surface area contributed by atoms with Crippen LogP contribution in [0.2, 0.25) is 0 Å². The highest BCUT2D eigenvalue weighted by molar-refractivity contribution is 5.79. The first-order valence-corrected chi connectivity index (χ1v) is 5.57. The summed E-state index contributed by atoms with van der Waals surface area (Å²) in [5.74, 6) is 6.68. The first-order chi connectivity index (χ1) is 7.22. The van der Waals surface area contributed by atoms with Gasteiger partial charge >= 0.3 is 0 Å². The molecule has 0 aromatic carbocycles. The predicted molar refractivity (Wildman–Crippen MR) is 61.4 cm³/mol. The fourth-order valence-electron chi connectivity index (χ4n) is 1.56. The zero-order valence-corrected chi connectivity index (χ0v) is 9.62. The van der Waals surface area contributed by atoms with Crippen LogP contribution in [0.4, 0.5) is 0 Å². The number of ether oxygens (including phenoxy) is 1.